The fourth-order valence-electron chi connectivity index (χ4n) is 3.63. The lowest BCUT2D eigenvalue weighted by atomic mass is 9.73. The summed E-state index contributed by atoms with van der Waals surface area (Å²) in [7, 11) is 0. The van der Waals surface area contributed by atoms with Gasteiger partial charge >= 0.3 is 5.97 Å². The number of esters is 1. The lowest BCUT2D eigenvalue weighted by Crippen LogP contribution is -2.46. The van der Waals surface area contributed by atoms with Gasteiger partial charge in [0, 0.05) is 18.3 Å². The third-order valence-corrected chi connectivity index (χ3v) is 4.99. The third kappa shape index (κ3) is 5.67. The van der Waals surface area contributed by atoms with E-state index in [2.05, 4.69) is 26.1 Å². The second kappa shape index (κ2) is 9.90. The minimum Gasteiger partial charge on any atom is -0.461 e. The Morgan fingerprint density at radius 1 is 1.29 bits per heavy atom. The van der Waals surface area contributed by atoms with Crippen LogP contribution >= 0.6 is 12.4 Å². The van der Waals surface area contributed by atoms with Crippen molar-refractivity contribution in [3.8, 4) is 0 Å². The molecule has 0 aromatic heterocycles. The quantitative estimate of drug-likeness (QED) is 0.462. The Hall–Kier alpha value is -1.26. The zero-order valence-electron chi connectivity index (χ0n) is 15.0. The number of anilines is 1. The molecule has 1 fully saturated rings. The summed E-state index contributed by atoms with van der Waals surface area (Å²) in [5, 5.41) is 3.62. The van der Waals surface area contributed by atoms with Gasteiger partial charge in [0.25, 0.3) is 0 Å². The minimum absolute atomic E-state index is 0. The van der Waals surface area contributed by atoms with Gasteiger partial charge in [-0.15, -0.1) is 12.4 Å². The van der Waals surface area contributed by atoms with Crippen LogP contribution < -0.4 is 11.1 Å². The van der Waals surface area contributed by atoms with E-state index >= 15 is 0 Å². The van der Waals surface area contributed by atoms with Gasteiger partial charge in [-0.25, -0.2) is 4.79 Å². The first kappa shape index (κ1) is 20.8. The van der Waals surface area contributed by atoms with E-state index in [0.29, 0.717) is 48.2 Å². The molecule has 1 aromatic rings. The molecule has 0 spiro atoms. The first-order valence-electron chi connectivity index (χ1n) is 8.75. The fourth-order valence-corrected chi connectivity index (χ4v) is 3.63. The van der Waals surface area contributed by atoms with Gasteiger partial charge < -0.3 is 15.8 Å². The number of nitrogens with two attached hydrogens (primary N) is 1. The molecule has 0 amide bonds. The van der Waals surface area contributed by atoms with Crippen molar-refractivity contribution < 1.29 is 9.53 Å². The van der Waals surface area contributed by atoms with Gasteiger partial charge in [0.05, 0.1) is 5.56 Å². The predicted molar refractivity (Wildman–Crippen MR) is 102 cm³/mol. The summed E-state index contributed by atoms with van der Waals surface area (Å²) in [6, 6.07) is 7.35. The number of carbonyl (C=O) groups excluding carboxylic acids is 1. The van der Waals surface area contributed by atoms with Crippen LogP contribution in [0.5, 0.6) is 0 Å². The Morgan fingerprint density at radius 2 is 1.96 bits per heavy atom. The van der Waals surface area contributed by atoms with Crippen molar-refractivity contribution in [2.75, 3.05) is 18.9 Å². The standard InChI is InChI=1S/C19H30N2O2.ClH/c1-13(2)17-6-4-5-14(3)18(17)21-11-12-23-19(22)15-7-9-16(20)10-8-15;/h7-10,13-14,17-18,21H,4-6,11-12,20H2,1-3H3;1H. The highest BCUT2D eigenvalue weighted by Crippen LogP contribution is 2.33. The molecule has 3 unspecified atom stereocenters. The Balaban J connectivity index is 0.00000288. The van der Waals surface area contributed by atoms with Gasteiger partial charge in [0.2, 0.25) is 0 Å². The lowest BCUT2D eigenvalue weighted by Gasteiger charge is -2.39. The summed E-state index contributed by atoms with van der Waals surface area (Å²) >= 11 is 0. The van der Waals surface area contributed by atoms with Crippen molar-refractivity contribution in [3.05, 3.63) is 29.8 Å². The van der Waals surface area contributed by atoms with Crippen LogP contribution in [0.4, 0.5) is 5.69 Å². The Labute approximate surface area is 151 Å². The predicted octanol–water partition coefficient (Wildman–Crippen LogP) is 3.90. The van der Waals surface area contributed by atoms with Gasteiger partial charge in [0.1, 0.15) is 6.61 Å². The first-order valence-corrected chi connectivity index (χ1v) is 8.75. The maximum Gasteiger partial charge on any atom is 0.338 e. The average Bonchev–Trinajstić information content (AvgIpc) is 2.52. The largest absolute Gasteiger partial charge is 0.461 e. The zero-order chi connectivity index (χ0) is 16.8. The van der Waals surface area contributed by atoms with Gasteiger partial charge in [-0.2, -0.15) is 0 Å². The van der Waals surface area contributed by atoms with Gasteiger partial charge in [-0.05, 0) is 54.9 Å². The van der Waals surface area contributed by atoms with E-state index in [1.807, 2.05) is 0 Å². The normalized spacial score (nSPS) is 23.6. The molecule has 1 aliphatic carbocycles. The topological polar surface area (TPSA) is 64.3 Å². The molecule has 3 atom stereocenters. The van der Waals surface area contributed by atoms with Crippen LogP contribution in [-0.4, -0.2) is 25.2 Å². The summed E-state index contributed by atoms with van der Waals surface area (Å²) in [5.41, 5.74) is 6.81. The van der Waals surface area contributed by atoms with E-state index in [4.69, 9.17) is 10.5 Å². The highest BCUT2D eigenvalue weighted by molar-refractivity contribution is 5.89. The van der Waals surface area contributed by atoms with Crippen LogP contribution in [0.3, 0.4) is 0 Å². The molecule has 1 saturated carbocycles. The number of hydrogen-bond acceptors (Lipinski definition) is 4. The van der Waals surface area contributed by atoms with Crippen LogP contribution in [0.15, 0.2) is 24.3 Å². The van der Waals surface area contributed by atoms with E-state index in [0.717, 1.165) is 0 Å². The highest BCUT2D eigenvalue weighted by atomic mass is 35.5. The lowest BCUT2D eigenvalue weighted by molar-refractivity contribution is 0.0492. The molecule has 24 heavy (non-hydrogen) atoms. The average molecular weight is 355 g/mol. The molecular formula is C19H31ClN2O2. The molecule has 1 aliphatic rings. The second-order valence-electron chi connectivity index (χ2n) is 7.05. The Bertz CT molecular complexity index is 505. The Morgan fingerprint density at radius 3 is 2.58 bits per heavy atom. The monoisotopic (exact) mass is 354 g/mol. The van der Waals surface area contributed by atoms with Crippen molar-refractivity contribution in [3.63, 3.8) is 0 Å². The molecule has 0 bridgehead atoms. The molecule has 2 rings (SSSR count). The van der Waals surface area contributed by atoms with E-state index < -0.39 is 0 Å². The summed E-state index contributed by atoms with van der Waals surface area (Å²) < 4.78 is 5.35. The summed E-state index contributed by atoms with van der Waals surface area (Å²) in [6.45, 7) is 8.04. The third-order valence-electron chi connectivity index (χ3n) is 4.99. The number of nitrogens with one attached hydrogen (secondary N) is 1. The van der Waals surface area contributed by atoms with Crippen LogP contribution in [0.1, 0.15) is 50.4 Å². The molecule has 3 N–H and O–H groups in total. The van der Waals surface area contributed by atoms with Gasteiger partial charge in [-0.3, -0.25) is 0 Å². The van der Waals surface area contributed by atoms with Crippen LogP contribution in [0.2, 0.25) is 0 Å². The molecule has 0 radical (unpaired) electrons. The van der Waals surface area contributed by atoms with Crippen LogP contribution in [0, 0.1) is 17.8 Å². The minimum atomic E-state index is -0.288. The maximum atomic E-state index is 12.0. The van der Waals surface area contributed by atoms with Gasteiger partial charge in [0.15, 0.2) is 0 Å². The second-order valence-corrected chi connectivity index (χ2v) is 7.05. The van der Waals surface area contributed by atoms with Crippen molar-refractivity contribution >= 4 is 24.1 Å². The number of carbonyl (C=O) groups is 1. The van der Waals surface area contributed by atoms with E-state index in [1.54, 1.807) is 24.3 Å². The first-order chi connectivity index (χ1) is 11.0. The number of benzene rings is 1. The highest BCUT2D eigenvalue weighted by Gasteiger charge is 2.31. The number of ether oxygens (including phenoxy) is 1. The summed E-state index contributed by atoms with van der Waals surface area (Å²) in [6.07, 6.45) is 3.91. The molecule has 136 valence electrons. The van der Waals surface area contributed by atoms with Crippen LogP contribution in [-0.2, 0) is 4.74 Å². The van der Waals surface area contributed by atoms with E-state index in [9.17, 15) is 4.79 Å². The molecule has 1 aromatic carbocycles. The molecule has 5 heteroatoms. The molecular weight excluding hydrogens is 324 g/mol. The summed E-state index contributed by atoms with van der Waals surface area (Å²) in [4.78, 5) is 12.0. The SMILES string of the molecule is CC(C)C1CCCC(C)C1NCCOC(=O)c1ccc(N)cc1.Cl. The van der Waals surface area contributed by atoms with Crippen LogP contribution in [0.25, 0.3) is 0 Å². The molecule has 4 nitrogen and oxygen atoms in total. The molecule has 0 aliphatic heterocycles. The fraction of sp³-hybridized carbons (Fsp3) is 0.632. The molecule has 0 heterocycles. The molecule has 0 saturated heterocycles. The van der Waals surface area contributed by atoms with Crippen molar-refractivity contribution in [1.82, 2.24) is 5.32 Å². The number of rotatable bonds is 6. The number of halogens is 1. The van der Waals surface area contributed by atoms with E-state index in [1.165, 1.54) is 19.3 Å². The maximum absolute atomic E-state index is 12.0. The zero-order valence-corrected chi connectivity index (χ0v) is 15.8. The smallest absolute Gasteiger partial charge is 0.338 e. The van der Waals surface area contributed by atoms with Crippen molar-refractivity contribution in [1.29, 1.82) is 0 Å². The number of hydrogen-bond donors (Lipinski definition) is 2. The summed E-state index contributed by atoms with van der Waals surface area (Å²) in [5.74, 6) is 1.80. The van der Waals surface area contributed by atoms with E-state index in [-0.39, 0.29) is 18.4 Å². The van der Waals surface area contributed by atoms with Crippen molar-refractivity contribution in [2.24, 2.45) is 17.8 Å². The Kier molecular flexibility index (Phi) is 8.57. The van der Waals surface area contributed by atoms with Gasteiger partial charge in [-0.1, -0.05) is 27.2 Å². The van der Waals surface area contributed by atoms with Crippen molar-refractivity contribution in [2.45, 2.75) is 46.1 Å². The number of nitrogen functional groups attached to an aromatic ring is 1.